The van der Waals surface area contributed by atoms with Crippen molar-refractivity contribution in [3.8, 4) is 11.5 Å². The molecule has 0 aliphatic carbocycles. The number of para-hydroxylation sites is 1. The topological polar surface area (TPSA) is 47.6 Å². The maximum atomic E-state index is 11.7. The fraction of sp³-hybridized carbons (Fsp3) is 0.316. The molecule has 1 N–H and O–H groups in total. The van der Waals surface area contributed by atoms with E-state index in [1.54, 1.807) is 0 Å². The molecule has 2 aromatic carbocycles. The number of nitrogens with one attached hydrogen (secondary N) is 1. The van der Waals surface area contributed by atoms with Crippen LogP contribution in [0.25, 0.3) is 0 Å². The van der Waals surface area contributed by atoms with E-state index in [4.69, 9.17) is 9.47 Å². The van der Waals surface area contributed by atoms with Crippen molar-refractivity contribution in [1.29, 1.82) is 0 Å². The van der Waals surface area contributed by atoms with E-state index in [1.807, 2.05) is 56.3 Å². The Morgan fingerprint density at radius 1 is 0.957 bits per heavy atom. The van der Waals surface area contributed by atoms with Gasteiger partial charge in [0.25, 0.3) is 5.91 Å². The largest absolute Gasteiger partial charge is 0.492 e. The summed E-state index contributed by atoms with van der Waals surface area (Å²) in [4.78, 5) is 11.7. The zero-order chi connectivity index (χ0) is 16.7. The van der Waals surface area contributed by atoms with Gasteiger partial charge in [0, 0.05) is 0 Å². The van der Waals surface area contributed by atoms with E-state index in [-0.39, 0.29) is 12.5 Å². The van der Waals surface area contributed by atoms with E-state index in [0.717, 1.165) is 17.1 Å². The van der Waals surface area contributed by atoms with Gasteiger partial charge in [0.1, 0.15) is 18.1 Å². The molecule has 2 aromatic rings. The summed E-state index contributed by atoms with van der Waals surface area (Å²) in [7, 11) is 0. The molecule has 23 heavy (non-hydrogen) atoms. The highest BCUT2D eigenvalue weighted by molar-refractivity contribution is 5.77. The Kier molecular flexibility index (Phi) is 6.03. The van der Waals surface area contributed by atoms with Crippen LogP contribution in [-0.4, -0.2) is 25.7 Å². The minimum absolute atomic E-state index is 0.00843. The summed E-state index contributed by atoms with van der Waals surface area (Å²) in [6, 6.07) is 13.6. The van der Waals surface area contributed by atoms with Crippen molar-refractivity contribution in [2.24, 2.45) is 0 Å². The number of benzene rings is 2. The lowest BCUT2D eigenvalue weighted by Gasteiger charge is -2.11. The molecule has 122 valence electrons. The molecule has 0 aliphatic heterocycles. The van der Waals surface area contributed by atoms with Crippen LogP contribution in [0, 0.1) is 20.8 Å². The first-order valence-electron chi connectivity index (χ1n) is 7.71. The Hall–Kier alpha value is -2.49. The first kappa shape index (κ1) is 16.9. The molecule has 0 atom stereocenters. The lowest BCUT2D eigenvalue weighted by atomic mass is 10.1. The van der Waals surface area contributed by atoms with Crippen molar-refractivity contribution >= 4 is 5.91 Å². The van der Waals surface area contributed by atoms with Crippen LogP contribution in [0.1, 0.15) is 16.7 Å². The molecular formula is C19H23NO3. The summed E-state index contributed by atoms with van der Waals surface area (Å²) in [5, 5.41) is 2.78. The third kappa shape index (κ3) is 5.33. The fourth-order valence-corrected chi connectivity index (χ4v) is 2.08. The van der Waals surface area contributed by atoms with Gasteiger partial charge in [-0.05, 0) is 55.7 Å². The first-order valence-corrected chi connectivity index (χ1v) is 7.71. The molecule has 0 aromatic heterocycles. The highest BCUT2D eigenvalue weighted by Gasteiger charge is 2.04. The molecule has 0 aliphatic rings. The number of ether oxygens (including phenoxy) is 2. The molecule has 0 radical (unpaired) electrons. The van der Waals surface area contributed by atoms with Gasteiger partial charge >= 0.3 is 0 Å². The van der Waals surface area contributed by atoms with Gasteiger partial charge in [-0.15, -0.1) is 0 Å². The number of hydrogen-bond donors (Lipinski definition) is 1. The molecule has 0 heterocycles. The summed E-state index contributed by atoms with van der Waals surface area (Å²) >= 11 is 0. The van der Waals surface area contributed by atoms with Crippen LogP contribution in [0.2, 0.25) is 0 Å². The quantitative estimate of drug-likeness (QED) is 0.799. The van der Waals surface area contributed by atoms with E-state index >= 15 is 0 Å². The molecule has 0 fully saturated rings. The molecule has 1 amide bonds. The summed E-state index contributed by atoms with van der Waals surface area (Å²) in [6.07, 6.45) is 0. The first-order chi connectivity index (χ1) is 11.1. The third-order valence-electron chi connectivity index (χ3n) is 3.62. The van der Waals surface area contributed by atoms with Crippen LogP contribution in [0.4, 0.5) is 0 Å². The predicted octanol–water partition coefficient (Wildman–Crippen LogP) is 3.19. The lowest BCUT2D eigenvalue weighted by molar-refractivity contribution is -0.123. The van der Waals surface area contributed by atoms with Crippen molar-refractivity contribution < 1.29 is 14.3 Å². The molecule has 0 bridgehead atoms. The number of carbonyl (C=O) groups is 1. The maximum absolute atomic E-state index is 11.7. The van der Waals surface area contributed by atoms with Crippen molar-refractivity contribution in [1.82, 2.24) is 5.32 Å². The van der Waals surface area contributed by atoms with Crippen LogP contribution >= 0.6 is 0 Å². The van der Waals surface area contributed by atoms with Crippen molar-refractivity contribution in [2.45, 2.75) is 20.8 Å². The predicted molar refractivity (Wildman–Crippen MR) is 91.1 cm³/mol. The number of aryl methyl sites for hydroxylation is 3. The second kappa shape index (κ2) is 8.22. The van der Waals surface area contributed by atoms with Crippen molar-refractivity contribution in [3.05, 3.63) is 59.2 Å². The van der Waals surface area contributed by atoms with Crippen LogP contribution in [-0.2, 0) is 4.79 Å². The Balaban J connectivity index is 1.67. The smallest absolute Gasteiger partial charge is 0.258 e. The molecular weight excluding hydrogens is 290 g/mol. The normalized spacial score (nSPS) is 10.2. The van der Waals surface area contributed by atoms with Gasteiger partial charge in [-0.3, -0.25) is 4.79 Å². The zero-order valence-electron chi connectivity index (χ0n) is 13.9. The summed E-state index contributed by atoms with van der Waals surface area (Å²) in [5.74, 6) is 1.39. The lowest BCUT2D eigenvalue weighted by Crippen LogP contribution is -2.32. The van der Waals surface area contributed by atoms with Gasteiger partial charge in [0.15, 0.2) is 6.61 Å². The average Bonchev–Trinajstić information content (AvgIpc) is 2.54. The molecule has 0 unspecified atom stereocenters. The van der Waals surface area contributed by atoms with E-state index in [2.05, 4.69) is 12.2 Å². The second-order valence-electron chi connectivity index (χ2n) is 5.50. The molecule has 0 spiro atoms. The van der Waals surface area contributed by atoms with Gasteiger partial charge in [-0.2, -0.15) is 0 Å². The monoisotopic (exact) mass is 313 g/mol. The van der Waals surface area contributed by atoms with E-state index in [0.29, 0.717) is 13.2 Å². The van der Waals surface area contributed by atoms with E-state index in [1.165, 1.54) is 11.1 Å². The summed E-state index contributed by atoms with van der Waals surface area (Å²) < 4.78 is 11.1. The third-order valence-corrected chi connectivity index (χ3v) is 3.62. The van der Waals surface area contributed by atoms with Crippen molar-refractivity contribution in [2.75, 3.05) is 19.8 Å². The Morgan fingerprint density at radius 2 is 1.74 bits per heavy atom. The van der Waals surface area contributed by atoms with Crippen molar-refractivity contribution in [3.63, 3.8) is 0 Å². The van der Waals surface area contributed by atoms with Crippen LogP contribution in [0.15, 0.2) is 42.5 Å². The van der Waals surface area contributed by atoms with E-state index in [9.17, 15) is 4.79 Å². The minimum atomic E-state index is -0.156. The summed E-state index contributed by atoms with van der Waals surface area (Å²) in [5.41, 5.74) is 3.44. The second-order valence-corrected chi connectivity index (χ2v) is 5.50. The number of rotatable bonds is 7. The number of carbonyl (C=O) groups excluding carboxylic acids is 1. The summed E-state index contributed by atoms with van der Waals surface area (Å²) in [6.45, 7) is 6.95. The van der Waals surface area contributed by atoms with Gasteiger partial charge < -0.3 is 14.8 Å². The fourth-order valence-electron chi connectivity index (χ4n) is 2.08. The molecule has 4 nitrogen and oxygen atoms in total. The highest BCUT2D eigenvalue weighted by Crippen LogP contribution is 2.16. The zero-order valence-corrected chi connectivity index (χ0v) is 13.9. The van der Waals surface area contributed by atoms with Crippen LogP contribution in [0.3, 0.4) is 0 Å². The molecule has 2 rings (SSSR count). The Labute approximate surface area is 137 Å². The molecule has 0 saturated carbocycles. The van der Waals surface area contributed by atoms with Gasteiger partial charge in [0.2, 0.25) is 0 Å². The van der Waals surface area contributed by atoms with Crippen LogP contribution in [0.5, 0.6) is 11.5 Å². The Morgan fingerprint density at radius 3 is 2.48 bits per heavy atom. The average molecular weight is 313 g/mol. The van der Waals surface area contributed by atoms with Gasteiger partial charge in [-0.1, -0.05) is 24.3 Å². The number of amides is 1. The Bertz CT molecular complexity index is 667. The molecule has 0 saturated heterocycles. The highest BCUT2D eigenvalue weighted by atomic mass is 16.5. The SMILES string of the molecule is Cc1ccc(OCCNC(=O)COc2ccccc2C)cc1C. The van der Waals surface area contributed by atoms with E-state index < -0.39 is 0 Å². The standard InChI is InChI=1S/C19H23NO3/c1-14-8-9-17(12-16(14)3)22-11-10-20-19(21)13-23-18-7-5-4-6-15(18)2/h4-9,12H,10-11,13H2,1-3H3,(H,20,21). The van der Waals surface area contributed by atoms with Crippen LogP contribution < -0.4 is 14.8 Å². The van der Waals surface area contributed by atoms with Gasteiger partial charge in [-0.25, -0.2) is 0 Å². The van der Waals surface area contributed by atoms with Gasteiger partial charge in [0.05, 0.1) is 6.54 Å². The maximum Gasteiger partial charge on any atom is 0.258 e. The number of hydrogen-bond acceptors (Lipinski definition) is 3. The molecule has 4 heteroatoms. The minimum Gasteiger partial charge on any atom is -0.492 e.